The minimum absolute atomic E-state index is 0.0545. The number of nitrogen functional groups attached to an aromatic ring is 1. The van der Waals surface area contributed by atoms with Crippen molar-refractivity contribution in [1.82, 2.24) is 24.5 Å². The maximum absolute atomic E-state index is 13.5. The molecule has 2 heterocycles. The zero-order valence-electron chi connectivity index (χ0n) is 15.0. The molecule has 2 aromatic heterocycles. The van der Waals surface area contributed by atoms with Crippen molar-refractivity contribution >= 4 is 11.8 Å². The Morgan fingerprint density at radius 3 is 2.64 bits per heavy atom. The van der Waals surface area contributed by atoms with Crippen LogP contribution in [0.3, 0.4) is 0 Å². The van der Waals surface area contributed by atoms with Crippen LogP contribution < -0.4 is 11.4 Å². The molecule has 3 aromatic rings. The smallest absolute Gasteiger partial charge is 0.350 e. The SMILES string of the molecule is Nc1nc(=O)n(Cc2cn(CCCCc3ccc(C(=O)O)cc3)nn2)cc1F. The van der Waals surface area contributed by atoms with Gasteiger partial charge in [-0.15, -0.1) is 5.10 Å². The summed E-state index contributed by atoms with van der Waals surface area (Å²) in [6.45, 7) is 0.697. The molecule has 1 aromatic carbocycles. The number of rotatable bonds is 8. The Morgan fingerprint density at radius 2 is 1.93 bits per heavy atom. The highest BCUT2D eigenvalue weighted by atomic mass is 19.1. The van der Waals surface area contributed by atoms with Gasteiger partial charge in [-0.2, -0.15) is 4.98 Å². The van der Waals surface area contributed by atoms with E-state index in [4.69, 9.17) is 10.8 Å². The van der Waals surface area contributed by atoms with Crippen LogP contribution in [0.15, 0.2) is 41.5 Å². The largest absolute Gasteiger partial charge is 0.478 e. The van der Waals surface area contributed by atoms with Crippen molar-refractivity contribution in [3.63, 3.8) is 0 Å². The van der Waals surface area contributed by atoms with Gasteiger partial charge < -0.3 is 10.8 Å². The average Bonchev–Trinajstić information content (AvgIpc) is 3.11. The molecule has 9 nitrogen and oxygen atoms in total. The fourth-order valence-corrected chi connectivity index (χ4v) is 2.70. The van der Waals surface area contributed by atoms with E-state index in [1.165, 1.54) is 0 Å². The van der Waals surface area contributed by atoms with Gasteiger partial charge in [0.2, 0.25) is 0 Å². The minimum atomic E-state index is -0.937. The van der Waals surface area contributed by atoms with Crippen molar-refractivity contribution in [2.75, 3.05) is 5.73 Å². The van der Waals surface area contributed by atoms with Crippen molar-refractivity contribution < 1.29 is 14.3 Å². The molecule has 0 spiro atoms. The Hall–Kier alpha value is -3.56. The quantitative estimate of drug-likeness (QED) is 0.559. The fourth-order valence-electron chi connectivity index (χ4n) is 2.70. The summed E-state index contributed by atoms with van der Waals surface area (Å²) < 4.78 is 16.2. The molecule has 0 bridgehead atoms. The molecule has 0 aliphatic rings. The summed E-state index contributed by atoms with van der Waals surface area (Å²) in [4.78, 5) is 26.0. The lowest BCUT2D eigenvalue weighted by Gasteiger charge is -2.03. The van der Waals surface area contributed by atoms with E-state index in [2.05, 4.69) is 15.3 Å². The van der Waals surface area contributed by atoms with Gasteiger partial charge in [-0.1, -0.05) is 17.3 Å². The van der Waals surface area contributed by atoms with Gasteiger partial charge in [0.1, 0.15) is 5.69 Å². The summed E-state index contributed by atoms with van der Waals surface area (Å²) in [5.41, 5.74) is 6.46. The van der Waals surface area contributed by atoms with E-state index >= 15 is 0 Å². The minimum Gasteiger partial charge on any atom is -0.478 e. The standard InChI is InChI=1S/C18H19FN6O3/c19-15-11-24(18(28)21-16(15)20)9-14-10-25(23-22-14)8-2-1-3-12-4-6-13(7-5-12)17(26)27/h4-7,10-11H,1-3,8-9H2,(H,26,27)(H2,20,21,28). The molecule has 10 heteroatoms. The maximum Gasteiger partial charge on any atom is 0.350 e. The van der Waals surface area contributed by atoms with Crippen molar-refractivity contribution in [2.45, 2.75) is 32.4 Å². The van der Waals surface area contributed by atoms with Gasteiger partial charge in [0, 0.05) is 12.7 Å². The second kappa shape index (κ2) is 8.42. The van der Waals surface area contributed by atoms with Gasteiger partial charge >= 0.3 is 11.7 Å². The first-order chi connectivity index (χ1) is 13.4. The van der Waals surface area contributed by atoms with Crippen LogP contribution in [0.5, 0.6) is 0 Å². The van der Waals surface area contributed by atoms with Gasteiger partial charge in [0.25, 0.3) is 0 Å². The van der Waals surface area contributed by atoms with Crippen LogP contribution in [0.1, 0.15) is 34.5 Å². The molecule has 0 atom stereocenters. The van der Waals surface area contributed by atoms with Gasteiger partial charge in [0.05, 0.1) is 18.3 Å². The number of carboxylic acid groups (broad SMARTS) is 1. The Morgan fingerprint density at radius 1 is 1.18 bits per heavy atom. The summed E-state index contributed by atoms with van der Waals surface area (Å²) >= 11 is 0. The second-order valence-electron chi connectivity index (χ2n) is 6.32. The maximum atomic E-state index is 13.5. The van der Waals surface area contributed by atoms with Crippen LogP contribution >= 0.6 is 0 Å². The summed E-state index contributed by atoms with van der Waals surface area (Å²) in [6.07, 6.45) is 5.27. The van der Waals surface area contributed by atoms with Crippen molar-refractivity contribution in [3.05, 3.63) is 69.8 Å². The van der Waals surface area contributed by atoms with Crippen LogP contribution in [-0.2, 0) is 19.5 Å². The molecular formula is C18H19FN6O3. The number of anilines is 1. The number of hydrogen-bond donors (Lipinski definition) is 2. The van der Waals surface area contributed by atoms with Crippen LogP contribution in [0.2, 0.25) is 0 Å². The normalized spacial score (nSPS) is 10.9. The summed E-state index contributed by atoms with van der Waals surface area (Å²) in [5, 5.41) is 16.9. The molecule has 3 N–H and O–H groups in total. The van der Waals surface area contributed by atoms with E-state index in [1.54, 1.807) is 23.0 Å². The Kier molecular flexibility index (Phi) is 5.78. The second-order valence-corrected chi connectivity index (χ2v) is 6.32. The topological polar surface area (TPSA) is 129 Å². The molecule has 0 unspecified atom stereocenters. The third-order valence-corrected chi connectivity index (χ3v) is 4.20. The summed E-state index contributed by atoms with van der Waals surface area (Å²) in [5.74, 6) is -2.13. The number of aromatic nitrogens is 5. The Labute approximate surface area is 159 Å². The van der Waals surface area contributed by atoms with E-state index in [0.717, 1.165) is 35.6 Å². The highest BCUT2D eigenvalue weighted by molar-refractivity contribution is 5.87. The molecule has 146 valence electrons. The third kappa shape index (κ3) is 4.78. The predicted octanol–water partition coefficient (Wildman–Crippen LogP) is 1.33. The number of aromatic carboxylic acids is 1. The molecule has 0 aliphatic heterocycles. The molecular weight excluding hydrogens is 367 g/mol. The van der Waals surface area contributed by atoms with E-state index in [0.29, 0.717) is 12.2 Å². The first-order valence-electron chi connectivity index (χ1n) is 8.66. The number of nitrogens with zero attached hydrogens (tertiary/aromatic N) is 5. The van der Waals surface area contributed by atoms with E-state index in [-0.39, 0.29) is 12.1 Å². The Bertz CT molecular complexity index is 1030. The number of carboxylic acids is 1. The summed E-state index contributed by atoms with van der Waals surface area (Å²) in [6, 6.07) is 6.82. The number of hydrogen-bond acceptors (Lipinski definition) is 6. The number of benzene rings is 1. The first kappa shape index (κ1) is 19.2. The van der Waals surface area contributed by atoms with Gasteiger partial charge in [-0.25, -0.2) is 14.0 Å². The van der Waals surface area contributed by atoms with Crippen molar-refractivity contribution in [3.8, 4) is 0 Å². The van der Waals surface area contributed by atoms with E-state index < -0.39 is 23.3 Å². The van der Waals surface area contributed by atoms with Gasteiger partial charge in [-0.3, -0.25) is 9.25 Å². The van der Waals surface area contributed by atoms with Crippen molar-refractivity contribution in [1.29, 1.82) is 0 Å². The molecule has 0 saturated carbocycles. The number of carbonyl (C=O) groups is 1. The van der Waals surface area contributed by atoms with Crippen LogP contribution in [0.25, 0.3) is 0 Å². The number of nitrogens with two attached hydrogens (primary N) is 1. The highest BCUT2D eigenvalue weighted by Gasteiger charge is 2.08. The molecule has 0 fully saturated rings. The van der Waals surface area contributed by atoms with Crippen LogP contribution in [0.4, 0.5) is 10.2 Å². The lowest BCUT2D eigenvalue weighted by atomic mass is 10.1. The molecule has 0 radical (unpaired) electrons. The number of halogens is 1. The van der Waals surface area contributed by atoms with Crippen LogP contribution in [-0.4, -0.2) is 35.6 Å². The molecule has 0 aliphatic carbocycles. The zero-order valence-corrected chi connectivity index (χ0v) is 15.0. The molecule has 3 rings (SSSR count). The predicted molar refractivity (Wildman–Crippen MR) is 98.3 cm³/mol. The van der Waals surface area contributed by atoms with Crippen molar-refractivity contribution in [2.24, 2.45) is 0 Å². The average molecular weight is 386 g/mol. The first-order valence-corrected chi connectivity index (χ1v) is 8.66. The lowest BCUT2D eigenvalue weighted by molar-refractivity contribution is 0.0697. The van der Waals surface area contributed by atoms with Crippen LogP contribution in [0, 0.1) is 5.82 Å². The number of aryl methyl sites for hydroxylation is 2. The number of unbranched alkanes of at least 4 members (excludes halogenated alkanes) is 1. The molecule has 0 saturated heterocycles. The third-order valence-electron chi connectivity index (χ3n) is 4.20. The Balaban J connectivity index is 1.49. The van der Waals surface area contributed by atoms with Gasteiger partial charge in [0.15, 0.2) is 11.6 Å². The zero-order chi connectivity index (χ0) is 20.1. The summed E-state index contributed by atoms with van der Waals surface area (Å²) in [7, 11) is 0. The monoisotopic (exact) mass is 386 g/mol. The molecule has 28 heavy (non-hydrogen) atoms. The fraction of sp³-hybridized carbons (Fsp3) is 0.278. The van der Waals surface area contributed by atoms with E-state index in [1.807, 2.05) is 12.1 Å². The highest BCUT2D eigenvalue weighted by Crippen LogP contribution is 2.09. The molecule has 0 amide bonds. The van der Waals surface area contributed by atoms with E-state index in [9.17, 15) is 14.0 Å². The van der Waals surface area contributed by atoms with Gasteiger partial charge in [-0.05, 0) is 37.0 Å². The lowest BCUT2D eigenvalue weighted by Crippen LogP contribution is -2.25.